The van der Waals surface area contributed by atoms with E-state index in [-0.39, 0.29) is 24.3 Å². The van der Waals surface area contributed by atoms with Gasteiger partial charge in [-0.1, -0.05) is 52.9 Å². The molecule has 1 unspecified atom stereocenters. The molecule has 270 valence electrons. The van der Waals surface area contributed by atoms with Crippen LogP contribution in [0.4, 0.5) is 0 Å². The van der Waals surface area contributed by atoms with E-state index in [1.165, 1.54) is 36.0 Å². The van der Waals surface area contributed by atoms with Crippen LogP contribution >= 0.6 is 0 Å². The van der Waals surface area contributed by atoms with Crippen molar-refractivity contribution in [1.82, 2.24) is 31.1 Å². The molecule has 5 N–H and O–H groups in total. The minimum Gasteiger partial charge on any atom is -0.391 e. The summed E-state index contributed by atoms with van der Waals surface area (Å²) in [4.78, 5) is 82.2. The van der Waals surface area contributed by atoms with Gasteiger partial charge in [-0.2, -0.15) is 0 Å². The van der Waals surface area contributed by atoms with Gasteiger partial charge >= 0.3 is 0 Å². The molecule has 13 nitrogen and oxygen atoms in total. The molecule has 0 aromatic heterocycles. The van der Waals surface area contributed by atoms with Crippen LogP contribution in [0.5, 0.6) is 0 Å². The summed E-state index contributed by atoms with van der Waals surface area (Å²) in [5, 5.41) is 20.8. The van der Waals surface area contributed by atoms with E-state index in [0.717, 1.165) is 19.3 Å². The first kappa shape index (κ1) is 39.2. The molecule has 13 heteroatoms. The number of amides is 6. The maximum absolute atomic E-state index is 13.8. The molecule has 2 aliphatic heterocycles. The number of hydrogen-bond acceptors (Lipinski definition) is 7. The zero-order valence-corrected chi connectivity index (χ0v) is 29.3. The number of hydrogen-bond donors (Lipinski definition) is 5. The van der Waals surface area contributed by atoms with E-state index in [0.29, 0.717) is 64.0 Å². The van der Waals surface area contributed by atoms with Crippen molar-refractivity contribution < 1.29 is 33.9 Å². The summed E-state index contributed by atoms with van der Waals surface area (Å²) in [5.41, 5.74) is 0. The van der Waals surface area contributed by atoms with Gasteiger partial charge in [-0.3, -0.25) is 28.8 Å². The lowest BCUT2D eigenvalue weighted by molar-refractivity contribution is -0.147. The number of aliphatic hydroxyl groups is 1. The first-order valence-electron chi connectivity index (χ1n) is 18.1. The molecule has 3 rings (SSSR count). The Balaban J connectivity index is 1.61. The van der Waals surface area contributed by atoms with Crippen molar-refractivity contribution in [1.29, 1.82) is 0 Å². The van der Waals surface area contributed by atoms with Crippen LogP contribution in [0.1, 0.15) is 111 Å². The molecule has 2 saturated heterocycles. The number of nitrogens with one attached hydrogen (secondary N) is 4. The highest BCUT2D eigenvalue weighted by Gasteiger charge is 2.41. The predicted molar refractivity (Wildman–Crippen MR) is 180 cm³/mol. The molecule has 0 aromatic rings. The maximum atomic E-state index is 13.8. The largest absolute Gasteiger partial charge is 0.391 e. The zero-order chi connectivity index (χ0) is 35.4. The normalized spacial score (nSPS) is 22.7. The second-order valence-electron chi connectivity index (χ2n) is 14.1. The molecule has 0 bridgehead atoms. The van der Waals surface area contributed by atoms with Crippen LogP contribution in [-0.4, -0.2) is 106 Å². The topological polar surface area (TPSA) is 177 Å². The molecule has 3 fully saturated rings. The lowest BCUT2D eigenvalue weighted by atomic mass is 9.86. The summed E-state index contributed by atoms with van der Waals surface area (Å²) in [6.45, 7) is 14.1. The number of carbonyl (C=O) groups excluding carboxylic acids is 6. The number of rotatable bonds is 15. The molecule has 1 aliphatic carbocycles. The first-order chi connectivity index (χ1) is 22.8. The highest BCUT2D eigenvalue weighted by atomic mass is 16.3. The SMILES string of the molecule is [CH][C@H](NC(=O)[C@@H]1CCCCN1C(=O)[C@@H](NC(=O)CCC1CCCCC1)C(C)C)C(=O)N1CCC[C@H]1C(=O)N[C@H](C(=O)NCCC)C(C)O. The Morgan fingerprint density at radius 3 is 1.96 bits per heavy atom. The number of nitrogens with zero attached hydrogens (tertiary/aromatic N) is 2. The Bertz CT molecular complexity index is 1120. The predicted octanol–water partition coefficient (Wildman–Crippen LogP) is 1.45. The molecule has 0 spiro atoms. The Labute approximate surface area is 286 Å². The van der Waals surface area contributed by atoms with Crippen LogP contribution in [-0.2, 0) is 28.8 Å². The van der Waals surface area contributed by atoms with Gasteiger partial charge in [0.05, 0.1) is 6.10 Å². The van der Waals surface area contributed by atoms with Crippen LogP contribution in [0.2, 0.25) is 0 Å². The fraction of sp³-hybridized carbons (Fsp3) is 0.800. The van der Waals surface area contributed by atoms with Crippen molar-refractivity contribution in [2.45, 2.75) is 147 Å². The van der Waals surface area contributed by atoms with Crippen LogP contribution in [0.3, 0.4) is 0 Å². The summed E-state index contributed by atoms with van der Waals surface area (Å²) in [5.74, 6) is -2.50. The molecule has 3 aliphatic rings. The van der Waals surface area contributed by atoms with Crippen LogP contribution < -0.4 is 21.3 Å². The zero-order valence-electron chi connectivity index (χ0n) is 29.3. The third kappa shape index (κ3) is 10.9. The number of piperidine rings is 1. The number of carbonyl (C=O) groups is 6. The maximum Gasteiger partial charge on any atom is 0.246 e. The van der Waals surface area contributed by atoms with Crippen LogP contribution in [0, 0.1) is 18.8 Å². The van der Waals surface area contributed by atoms with Crippen molar-refractivity contribution in [3.8, 4) is 0 Å². The molecular weight excluding hydrogens is 616 g/mol. The van der Waals surface area contributed by atoms with Crippen molar-refractivity contribution in [2.24, 2.45) is 11.8 Å². The van der Waals surface area contributed by atoms with E-state index in [2.05, 4.69) is 21.3 Å². The Kier molecular flexibility index (Phi) is 15.6. The molecule has 48 heavy (non-hydrogen) atoms. The molecular formula is C35H58N6O7. The minimum absolute atomic E-state index is 0.163. The van der Waals surface area contributed by atoms with E-state index in [9.17, 15) is 33.9 Å². The highest BCUT2D eigenvalue weighted by molar-refractivity contribution is 5.97. The van der Waals surface area contributed by atoms with Gasteiger partial charge in [0, 0.05) is 26.1 Å². The monoisotopic (exact) mass is 674 g/mol. The van der Waals surface area contributed by atoms with Crippen molar-refractivity contribution in [3.63, 3.8) is 0 Å². The Hall–Kier alpha value is -3.22. The third-order valence-corrected chi connectivity index (χ3v) is 9.86. The third-order valence-electron chi connectivity index (χ3n) is 9.86. The van der Waals surface area contributed by atoms with Gasteiger partial charge in [-0.25, -0.2) is 0 Å². The van der Waals surface area contributed by atoms with Gasteiger partial charge in [0.2, 0.25) is 35.4 Å². The average Bonchev–Trinajstić information content (AvgIpc) is 3.57. The lowest BCUT2D eigenvalue weighted by Gasteiger charge is -2.38. The van der Waals surface area contributed by atoms with E-state index >= 15 is 0 Å². The number of likely N-dealkylation sites (tertiary alicyclic amines) is 2. The standard InChI is InChI=1S/C35H58N6O7/c1-6-19-36-33(46)30(24(5)42)39-32(45)27-16-12-21-40(27)34(47)23(4)37-31(44)26-15-10-11-20-41(26)35(48)29(22(2)3)38-28(43)18-17-25-13-8-7-9-14-25/h4,22-27,29-30,42H,6-21H2,1-3,5H3,(H,36,46)(H,37,44)(H,38,43)(H,39,45)/t23-,24?,26-,27-,29-,30-/m0/s1. The Morgan fingerprint density at radius 2 is 1.33 bits per heavy atom. The van der Waals surface area contributed by atoms with Gasteiger partial charge in [0.25, 0.3) is 0 Å². The van der Waals surface area contributed by atoms with E-state index in [1.807, 2.05) is 20.8 Å². The summed E-state index contributed by atoms with van der Waals surface area (Å²) in [6, 6.07) is -5.24. The fourth-order valence-corrected chi connectivity index (χ4v) is 7.02. The molecule has 2 heterocycles. The quantitative estimate of drug-likeness (QED) is 0.175. The number of aliphatic hydroxyl groups excluding tert-OH is 1. The van der Waals surface area contributed by atoms with Gasteiger partial charge in [0.1, 0.15) is 30.2 Å². The highest BCUT2D eigenvalue weighted by Crippen LogP contribution is 2.27. The summed E-state index contributed by atoms with van der Waals surface area (Å²) in [7, 11) is 0. The molecule has 1 saturated carbocycles. The fourth-order valence-electron chi connectivity index (χ4n) is 7.02. The van der Waals surface area contributed by atoms with Crippen molar-refractivity contribution in [2.75, 3.05) is 19.6 Å². The smallest absolute Gasteiger partial charge is 0.246 e. The lowest BCUT2D eigenvalue weighted by Crippen LogP contribution is -2.61. The molecule has 6 amide bonds. The van der Waals surface area contributed by atoms with Gasteiger partial charge in [0.15, 0.2) is 0 Å². The van der Waals surface area contributed by atoms with Crippen LogP contribution in [0.25, 0.3) is 0 Å². The molecule has 6 atom stereocenters. The summed E-state index contributed by atoms with van der Waals surface area (Å²) >= 11 is 0. The second kappa shape index (κ2) is 19.1. The van der Waals surface area contributed by atoms with Gasteiger partial charge in [-0.15, -0.1) is 0 Å². The van der Waals surface area contributed by atoms with E-state index in [1.54, 1.807) is 0 Å². The average molecular weight is 675 g/mol. The Morgan fingerprint density at radius 1 is 0.750 bits per heavy atom. The summed E-state index contributed by atoms with van der Waals surface area (Å²) < 4.78 is 0. The molecule has 0 aromatic carbocycles. The summed E-state index contributed by atoms with van der Waals surface area (Å²) in [6.07, 6.45) is 9.25. The molecule has 2 radical (unpaired) electrons. The van der Waals surface area contributed by atoms with E-state index < -0.39 is 59.9 Å². The van der Waals surface area contributed by atoms with Gasteiger partial charge < -0.3 is 36.2 Å². The van der Waals surface area contributed by atoms with Crippen molar-refractivity contribution in [3.05, 3.63) is 6.92 Å². The second-order valence-corrected chi connectivity index (χ2v) is 14.1. The van der Waals surface area contributed by atoms with Gasteiger partial charge in [-0.05, 0) is 70.6 Å². The van der Waals surface area contributed by atoms with Crippen LogP contribution in [0.15, 0.2) is 0 Å². The van der Waals surface area contributed by atoms with Crippen molar-refractivity contribution >= 4 is 35.4 Å². The first-order valence-corrected chi connectivity index (χ1v) is 18.1. The minimum atomic E-state index is -1.47. The van der Waals surface area contributed by atoms with E-state index in [4.69, 9.17) is 6.92 Å².